The molecule has 6 aromatic rings. The predicted molar refractivity (Wildman–Crippen MR) is 135 cm³/mol. The molecular weight excluding hydrogens is 424 g/mol. The van der Waals surface area contributed by atoms with Crippen molar-refractivity contribution >= 4 is 33.5 Å². The number of hydrogen-bond acceptors (Lipinski definition) is 1. The van der Waals surface area contributed by atoms with Gasteiger partial charge in [-0.15, -0.1) is 0 Å². The molecule has 0 aliphatic heterocycles. The summed E-state index contributed by atoms with van der Waals surface area (Å²) in [7, 11) is 0. The van der Waals surface area contributed by atoms with Crippen molar-refractivity contribution < 1.29 is 4.42 Å². The Morgan fingerprint density at radius 1 is 0.576 bits per heavy atom. The molecule has 2 aliphatic carbocycles. The van der Waals surface area contributed by atoms with Gasteiger partial charge in [0.2, 0.25) is 0 Å². The van der Waals surface area contributed by atoms with Gasteiger partial charge in [-0.3, -0.25) is 0 Å². The SMILES string of the molecule is Clc1cc2c(c3c1oc1ccccc13)C1(c3ccccc3-c3ccccc31)c1ccccc1-2. The Kier molecular flexibility index (Phi) is 3.19. The van der Waals surface area contributed by atoms with Crippen LogP contribution in [-0.2, 0) is 5.41 Å². The van der Waals surface area contributed by atoms with Crippen LogP contribution < -0.4 is 0 Å². The van der Waals surface area contributed by atoms with Crippen LogP contribution in [0.5, 0.6) is 0 Å². The van der Waals surface area contributed by atoms with Gasteiger partial charge in [0.05, 0.1) is 10.4 Å². The van der Waals surface area contributed by atoms with Crippen molar-refractivity contribution in [2.75, 3.05) is 0 Å². The predicted octanol–water partition coefficient (Wildman–Crippen LogP) is 8.58. The van der Waals surface area contributed by atoms with Gasteiger partial charge in [0.1, 0.15) is 5.58 Å². The molecule has 1 aromatic heterocycles. The Morgan fingerprint density at radius 2 is 1.09 bits per heavy atom. The van der Waals surface area contributed by atoms with Gasteiger partial charge >= 0.3 is 0 Å². The maximum Gasteiger partial charge on any atom is 0.154 e. The van der Waals surface area contributed by atoms with Crippen molar-refractivity contribution in [1.82, 2.24) is 0 Å². The number of para-hydroxylation sites is 1. The van der Waals surface area contributed by atoms with Crippen molar-refractivity contribution in [1.29, 1.82) is 0 Å². The molecule has 8 rings (SSSR count). The van der Waals surface area contributed by atoms with Crippen LogP contribution in [0.1, 0.15) is 22.3 Å². The normalized spacial score (nSPS) is 14.5. The van der Waals surface area contributed by atoms with Crippen molar-refractivity contribution in [2.24, 2.45) is 0 Å². The highest BCUT2D eigenvalue weighted by Gasteiger charge is 2.53. The summed E-state index contributed by atoms with van der Waals surface area (Å²) in [6.45, 7) is 0. The second kappa shape index (κ2) is 5.95. The number of benzene rings is 5. The zero-order valence-electron chi connectivity index (χ0n) is 17.6. The van der Waals surface area contributed by atoms with Crippen molar-refractivity contribution in [3.63, 3.8) is 0 Å². The summed E-state index contributed by atoms with van der Waals surface area (Å²) in [6, 6.07) is 36.9. The summed E-state index contributed by atoms with van der Waals surface area (Å²) in [5.41, 5.74) is 11.5. The van der Waals surface area contributed by atoms with E-state index in [9.17, 15) is 0 Å². The third-order valence-electron chi connectivity index (χ3n) is 7.55. The lowest BCUT2D eigenvalue weighted by molar-refractivity contribution is 0.668. The minimum absolute atomic E-state index is 0.408. The van der Waals surface area contributed by atoms with E-state index in [1.54, 1.807) is 0 Å². The molecule has 154 valence electrons. The molecule has 1 heterocycles. The first-order valence-corrected chi connectivity index (χ1v) is 11.6. The maximum absolute atomic E-state index is 6.88. The number of rotatable bonds is 0. The van der Waals surface area contributed by atoms with E-state index in [4.69, 9.17) is 16.0 Å². The highest BCUT2D eigenvalue weighted by molar-refractivity contribution is 6.37. The molecule has 1 spiro atoms. The molecule has 5 aromatic carbocycles. The molecule has 0 amide bonds. The topological polar surface area (TPSA) is 13.1 Å². The van der Waals surface area contributed by atoms with E-state index in [0.29, 0.717) is 5.02 Å². The van der Waals surface area contributed by atoms with Gasteiger partial charge in [-0.05, 0) is 56.6 Å². The quantitative estimate of drug-likeness (QED) is 0.230. The van der Waals surface area contributed by atoms with E-state index in [1.807, 2.05) is 12.1 Å². The highest BCUT2D eigenvalue weighted by Crippen LogP contribution is 2.65. The molecule has 0 saturated carbocycles. The third kappa shape index (κ3) is 1.93. The lowest BCUT2D eigenvalue weighted by Gasteiger charge is -2.31. The Balaban J connectivity index is 1.70. The Bertz CT molecular complexity index is 1740. The van der Waals surface area contributed by atoms with Crippen LogP contribution in [-0.4, -0.2) is 0 Å². The van der Waals surface area contributed by atoms with Crippen LogP contribution in [0, 0.1) is 0 Å². The zero-order chi connectivity index (χ0) is 21.7. The van der Waals surface area contributed by atoms with Gasteiger partial charge in [0.15, 0.2) is 5.58 Å². The molecule has 0 saturated heterocycles. The van der Waals surface area contributed by atoms with Crippen LogP contribution in [0.25, 0.3) is 44.2 Å². The minimum Gasteiger partial charge on any atom is -0.454 e. The second-order valence-corrected chi connectivity index (χ2v) is 9.38. The largest absolute Gasteiger partial charge is 0.454 e. The van der Waals surface area contributed by atoms with E-state index >= 15 is 0 Å². The molecule has 2 heteroatoms. The average Bonchev–Trinajstić information content (AvgIpc) is 3.49. The fourth-order valence-electron chi connectivity index (χ4n) is 6.44. The summed E-state index contributed by atoms with van der Waals surface area (Å²) in [5.74, 6) is 0. The first kappa shape index (κ1) is 17.7. The lowest BCUT2D eigenvalue weighted by Crippen LogP contribution is -2.26. The van der Waals surface area contributed by atoms with Gasteiger partial charge in [0, 0.05) is 10.8 Å². The minimum atomic E-state index is -0.408. The fourth-order valence-corrected chi connectivity index (χ4v) is 6.68. The smallest absolute Gasteiger partial charge is 0.154 e. The van der Waals surface area contributed by atoms with Crippen LogP contribution in [0.2, 0.25) is 5.02 Å². The first-order valence-electron chi connectivity index (χ1n) is 11.2. The summed E-state index contributed by atoms with van der Waals surface area (Å²) in [5, 5.41) is 2.89. The second-order valence-electron chi connectivity index (χ2n) is 8.97. The van der Waals surface area contributed by atoms with Crippen molar-refractivity contribution in [3.8, 4) is 22.3 Å². The summed E-state index contributed by atoms with van der Waals surface area (Å²) >= 11 is 6.88. The zero-order valence-corrected chi connectivity index (χ0v) is 18.4. The molecule has 2 aliphatic rings. The molecule has 0 atom stereocenters. The summed E-state index contributed by atoms with van der Waals surface area (Å²) < 4.78 is 6.35. The number of halogens is 1. The maximum atomic E-state index is 6.88. The molecule has 0 N–H and O–H groups in total. The highest BCUT2D eigenvalue weighted by atomic mass is 35.5. The molecule has 0 unspecified atom stereocenters. The van der Waals surface area contributed by atoms with Gasteiger partial charge in [-0.2, -0.15) is 0 Å². The first-order chi connectivity index (χ1) is 16.3. The van der Waals surface area contributed by atoms with Crippen LogP contribution in [0.15, 0.2) is 108 Å². The fraction of sp³-hybridized carbons (Fsp3) is 0.0323. The number of fused-ring (bicyclic) bond motifs is 14. The molecule has 0 bridgehead atoms. The average molecular weight is 441 g/mol. The Labute approximate surface area is 195 Å². The molecular formula is C31H17ClO. The van der Waals surface area contributed by atoms with Crippen LogP contribution >= 0.6 is 11.6 Å². The van der Waals surface area contributed by atoms with Gasteiger partial charge in [-0.1, -0.05) is 103 Å². The summed E-state index contributed by atoms with van der Waals surface area (Å²) in [6.07, 6.45) is 0. The van der Waals surface area contributed by atoms with Crippen molar-refractivity contribution in [3.05, 3.63) is 130 Å². The monoisotopic (exact) mass is 440 g/mol. The van der Waals surface area contributed by atoms with Crippen LogP contribution in [0.3, 0.4) is 0 Å². The molecule has 1 nitrogen and oxygen atoms in total. The Hall–Kier alpha value is -3.81. The van der Waals surface area contributed by atoms with Gasteiger partial charge < -0.3 is 4.42 Å². The van der Waals surface area contributed by atoms with Gasteiger partial charge in [0.25, 0.3) is 0 Å². The Morgan fingerprint density at radius 3 is 1.73 bits per heavy atom. The van der Waals surface area contributed by atoms with E-state index in [2.05, 4.69) is 91.0 Å². The third-order valence-corrected chi connectivity index (χ3v) is 7.83. The van der Waals surface area contributed by atoms with E-state index in [0.717, 1.165) is 21.9 Å². The lowest BCUT2D eigenvalue weighted by atomic mass is 9.69. The van der Waals surface area contributed by atoms with Crippen LogP contribution in [0.4, 0.5) is 0 Å². The van der Waals surface area contributed by atoms with E-state index in [-0.39, 0.29) is 0 Å². The summed E-state index contributed by atoms with van der Waals surface area (Å²) in [4.78, 5) is 0. The molecule has 33 heavy (non-hydrogen) atoms. The van der Waals surface area contributed by atoms with E-state index < -0.39 is 5.41 Å². The standard InChI is InChI=1S/C31H17ClO/c32-26-17-22-20-11-3-7-15-25(20)31(29(22)28-21-12-4-8-16-27(21)33-30(26)28)23-13-5-1-9-18(23)19-10-2-6-14-24(19)31/h1-17H. The van der Waals surface area contributed by atoms with Gasteiger partial charge in [-0.25, -0.2) is 0 Å². The number of furan rings is 1. The molecule has 0 radical (unpaired) electrons. The molecule has 0 fully saturated rings. The van der Waals surface area contributed by atoms with E-state index in [1.165, 1.54) is 44.5 Å². The van der Waals surface area contributed by atoms with Crippen molar-refractivity contribution in [2.45, 2.75) is 5.41 Å². The number of hydrogen-bond donors (Lipinski definition) is 0.